The molecule has 3 heteroatoms. The summed E-state index contributed by atoms with van der Waals surface area (Å²) in [7, 11) is 1.63. The van der Waals surface area contributed by atoms with Crippen LogP contribution in [0.2, 0.25) is 0 Å². The number of ether oxygens (including phenoxy) is 1. The molecule has 0 radical (unpaired) electrons. The van der Waals surface area contributed by atoms with Crippen molar-refractivity contribution < 1.29 is 14.3 Å². The molecule has 2 bridgehead atoms. The number of carbonyl (C=O) groups excluding carboxylic acids is 2. The van der Waals surface area contributed by atoms with Gasteiger partial charge in [-0.25, -0.2) is 0 Å². The van der Waals surface area contributed by atoms with Crippen LogP contribution in [0.3, 0.4) is 0 Å². The maximum atomic E-state index is 12.6. The summed E-state index contributed by atoms with van der Waals surface area (Å²) in [6.45, 7) is 2.01. The Balaban J connectivity index is 2.02. The van der Waals surface area contributed by atoms with E-state index in [9.17, 15) is 9.59 Å². The fourth-order valence-corrected chi connectivity index (χ4v) is 4.63. The number of Topliss-reactive ketones (excluding diaryl/α,β-unsaturated/α-hetero) is 1. The minimum atomic E-state index is -0.436. The van der Waals surface area contributed by atoms with Crippen LogP contribution < -0.4 is 4.74 Å². The van der Waals surface area contributed by atoms with Crippen molar-refractivity contribution in [3.8, 4) is 5.75 Å². The highest BCUT2D eigenvalue weighted by Crippen LogP contribution is 2.63. The molecular weight excluding hydrogens is 264 g/mol. The first-order valence-corrected chi connectivity index (χ1v) is 7.50. The van der Waals surface area contributed by atoms with Crippen LogP contribution in [0.25, 0.3) is 0 Å². The smallest absolute Gasteiger partial charge is 0.186 e. The third kappa shape index (κ3) is 1.39. The zero-order valence-corrected chi connectivity index (χ0v) is 12.4. The maximum absolute atomic E-state index is 12.6. The van der Waals surface area contributed by atoms with E-state index in [0.29, 0.717) is 6.42 Å². The predicted octanol–water partition coefficient (Wildman–Crippen LogP) is 3.22. The molecule has 0 aromatic heterocycles. The van der Waals surface area contributed by atoms with E-state index in [1.54, 1.807) is 13.2 Å². The number of allylic oxidation sites excluding steroid dienone is 2. The highest BCUT2D eigenvalue weighted by Gasteiger charge is 2.60. The standard InChI is InChI=1S/C18H18O3/c1-17-6-3-7-18(10-16(17)20)13-8-11(21-2)4-5-12(13)14(19)9-15(17)18/h4-5,8-9H,3,6-7,10H2,1-2H3/t17-,18-/m0/s1. The number of methoxy groups -OCH3 is 1. The Labute approximate surface area is 124 Å². The van der Waals surface area contributed by atoms with Crippen molar-refractivity contribution in [2.24, 2.45) is 5.41 Å². The largest absolute Gasteiger partial charge is 0.497 e. The Morgan fingerprint density at radius 1 is 1.19 bits per heavy atom. The highest BCUT2D eigenvalue weighted by molar-refractivity contribution is 6.11. The lowest BCUT2D eigenvalue weighted by atomic mass is 9.59. The van der Waals surface area contributed by atoms with Gasteiger partial charge in [-0.15, -0.1) is 0 Å². The molecule has 3 aliphatic rings. The molecule has 0 aliphatic heterocycles. The van der Waals surface area contributed by atoms with E-state index in [1.807, 2.05) is 25.1 Å². The van der Waals surface area contributed by atoms with Crippen LogP contribution in [0.15, 0.2) is 29.8 Å². The SMILES string of the molecule is COc1ccc2c(c1)[C@]13CCC[C@](C)(C(=O)C1)C3=CC2=O. The summed E-state index contributed by atoms with van der Waals surface area (Å²) in [5, 5.41) is 0. The van der Waals surface area contributed by atoms with Gasteiger partial charge in [0.25, 0.3) is 0 Å². The third-order valence-electron chi connectivity index (χ3n) is 5.75. The average Bonchev–Trinajstić information content (AvgIpc) is 2.61. The fourth-order valence-electron chi connectivity index (χ4n) is 4.63. The number of ketones is 2. The Bertz CT molecular complexity index is 715. The number of fused-ring (bicyclic) bond motifs is 1. The van der Waals surface area contributed by atoms with Crippen molar-refractivity contribution in [1.29, 1.82) is 0 Å². The highest BCUT2D eigenvalue weighted by atomic mass is 16.5. The topological polar surface area (TPSA) is 43.4 Å². The molecule has 0 heterocycles. The maximum Gasteiger partial charge on any atom is 0.186 e. The zero-order chi connectivity index (χ0) is 14.8. The second kappa shape index (κ2) is 3.85. The van der Waals surface area contributed by atoms with Gasteiger partial charge in [0.05, 0.1) is 7.11 Å². The second-order valence-corrected chi connectivity index (χ2v) is 6.70. The quantitative estimate of drug-likeness (QED) is 0.794. The Morgan fingerprint density at radius 2 is 2.00 bits per heavy atom. The summed E-state index contributed by atoms with van der Waals surface area (Å²) in [6.07, 6.45) is 5.13. The zero-order valence-electron chi connectivity index (χ0n) is 12.4. The molecule has 3 aliphatic carbocycles. The lowest BCUT2D eigenvalue weighted by Gasteiger charge is -2.43. The number of hydrogen-bond acceptors (Lipinski definition) is 3. The Kier molecular flexibility index (Phi) is 2.35. The number of hydrogen-bond donors (Lipinski definition) is 0. The van der Waals surface area contributed by atoms with E-state index >= 15 is 0 Å². The Hall–Kier alpha value is -1.90. The van der Waals surface area contributed by atoms with Crippen molar-refractivity contribution in [3.05, 3.63) is 41.0 Å². The van der Waals surface area contributed by atoms with Gasteiger partial charge in [0.15, 0.2) is 5.78 Å². The van der Waals surface area contributed by atoms with Gasteiger partial charge in [-0.2, -0.15) is 0 Å². The number of rotatable bonds is 1. The van der Waals surface area contributed by atoms with Gasteiger partial charge >= 0.3 is 0 Å². The lowest BCUT2D eigenvalue weighted by molar-refractivity contribution is -0.124. The van der Waals surface area contributed by atoms with Crippen molar-refractivity contribution in [2.75, 3.05) is 7.11 Å². The van der Waals surface area contributed by atoms with Gasteiger partial charge in [-0.1, -0.05) is 6.42 Å². The van der Waals surface area contributed by atoms with Gasteiger partial charge < -0.3 is 4.74 Å². The Morgan fingerprint density at radius 3 is 2.76 bits per heavy atom. The summed E-state index contributed by atoms with van der Waals surface area (Å²) < 4.78 is 5.33. The average molecular weight is 282 g/mol. The first-order valence-electron chi connectivity index (χ1n) is 7.50. The van der Waals surface area contributed by atoms with Crippen LogP contribution in [0.1, 0.15) is 48.5 Å². The van der Waals surface area contributed by atoms with E-state index < -0.39 is 5.41 Å². The van der Waals surface area contributed by atoms with Gasteiger partial charge in [0, 0.05) is 22.8 Å². The number of carbonyl (C=O) groups is 2. The molecule has 2 fully saturated rings. The molecule has 0 spiro atoms. The summed E-state index contributed by atoms with van der Waals surface area (Å²) in [4.78, 5) is 25.1. The normalized spacial score (nSPS) is 33.3. The van der Waals surface area contributed by atoms with Crippen LogP contribution in [-0.2, 0) is 10.2 Å². The molecule has 108 valence electrons. The molecule has 0 unspecified atom stereocenters. The fraction of sp³-hybridized carbons (Fsp3) is 0.444. The first-order chi connectivity index (χ1) is 10.0. The third-order valence-corrected chi connectivity index (χ3v) is 5.75. The molecule has 1 aromatic rings. The molecular formula is C18H18O3. The molecule has 4 rings (SSSR count). The van der Waals surface area contributed by atoms with Crippen molar-refractivity contribution in [2.45, 2.75) is 38.0 Å². The van der Waals surface area contributed by atoms with E-state index in [1.165, 1.54) is 0 Å². The predicted molar refractivity (Wildman–Crippen MR) is 78.7 cm³/mol. The van der Waals surface area contributed by atoms with Crippen LogP contribution in [0.4, 0.5) is 0 Å². The van der Waals surface area contributed by atoms with Crippen LogP contribution in [0.5, 0.6) is 5.75 Å². The van der Waals surface area contributed by atoms with Crippen LogP contribution in [-0.4, -0.2) is 18.7 Å². The van der Waals surface area contributed by atoms with Crippen LogP contribution >= 0.6 is 0 Å². The van der Waals surface area contributed by atoms with Crippen molar-refractivity contribution in [3.63, 3.8) is 0 Å². The van der Waals surface area contributed by atoms with Crippen LogP contribution in [0, 0.1) is 5.41 Å². The summed E-state index contributed by atoms with van der Waals surface area (Å²) in [6, 6.07) is 5.63. The van der Waals surface area contributed by atoms with Gasteiger partial charge in [0.1, 0.15) is 11.5 Å². The van der Waals surface area contributed by atoms with Gasteiger partial charge in [-0.3, -0.25) is 9.59 Å². The molecule has 21 heavy (non-hydrogen) atoms. The molecule has 1 aromatic carbocycles. The van der Waals surface area contributed by atoms with E-state index in [0.717, 1.165) is 41.7 Å². The molecule has 2 atom stereocenters. The van der Waals surface area contributed by atoms with Crippen molar-refractivity contribution >= 4 is 11.6 Å². The lowest BCUT2D eigenvalue weighted by Crippen LogP contribution is -2.38. The summed E-state index contributed by atoms with van der Waals surface area (Å²) in [5.41, 5.74) is 2.09. The summed E-state index contributed by atoms with van der Waals surface area (Å²) in [5.74, 6) is 1.07. The van der Waals surface area contributed by atoms with E-state index in [4.69, 9.17) is 4.74 Å². The van der Waals surface area contributed by atoms with Crippen molar-refractivity contribution in [1.82, 2.24) is 0 Å². The number of benzene rings is 1. The van der Waals surface area contributed by atoms with Gasteiger partial charge in [0.2, 0.25) is 0 Å². The first kappa shape index (κ1) is 12.8. The summed E-state index contributed by atoms with van der Waals surface area (Å²) >= 11 is 0. The molecule has 0 saturated heterocycles. The molecule has 2 saturated carbocycles. The minimum absolute atomic E-state index is 0.0288. The minimum Gasteiger partial charge on any atom is -0.497 e. The molecule has 0 amide bonds. The molecule has 3 nitrogen and oxygen atoms in total. The van der Waals surface area contributed by atoms with E-state index in [2.05, 4.69) is 0 Å². The van der Waals surface area contributed by atoms with E-state index in [-0.39, 0.29) is 17.0 Å². The second-order valence-electron chi connectivity index (χ2n) is 6.70. The molecule has 0 N–H and O–H groups in total. The van der Waals surface area contributed by atoms with Gasteiger partial charge in [-0.05, 0) is 55.2 Å². The monoisotopic (exact) mass is 282 g/mol.